The van der Waals surface area contributed by atoms with E-state index in [1.54, 1.807) is 36.4 Å². The Hall–Kier alpha value is -3.54. The van der Waals surface area contributed by atoms with Crippen molar-refractivity contribution in [2.24, 2.45) is 0 Å². The smallest absolute Gasteiger partial charge is 0.251 e. The molecule has 2 aromatic carbocycles. The number of rotatable bonds is 6. The number of hydroxylamine groups is 2. The lowest BCUT2D eigenvalue weighted by Gasteiger charge is -2.06. The molecule has 10 nitrogen and oxygen atoms in total. The Morgan fingerprint density at radius 2 is 1.76 bits per heavy atom. The van der Waals surface area contributed by atoms with Gasteiger partial charge in [-0.2, -0.15) is 0 Å². The molecule has 4 rings (SSSR count). The van der Waals surface area contributed by atoms with Gasteiger partial charge in [0.15, 0.2) is 15.6 Å². The number of hydrogen-bond donors (Lipinski definition) is 2. The van der Waals surface area contributed by atoms with Crippen molar-refractivity contribution in [3.05, 3.63) is 59.2 Å². The molecule has 0 atom stereocenters. The molecule has 0 saturated carbocycles. The first kappa shape index (κ1) is 22.6. The fourth-order valence-electron chi connectivity index (χ4n) is 3.08. The van der Waals surface area contributed by atoms with Crippen molar-refractivity contribution in [1.29, 1.82) is 0 Å². The summed E-state index contributed by atoms with van der Waals surface area (Å²) in [7, 11) is -2.15. The summed E-state index contributed by atoms with van der Waals surface area (Å²) >= 11 is 6.02. The first-order valence-corrected chi connectivity index (χ1v) is 11.8. The number of halogens is 1. The summed E-state index contributed by atoms with van der Waals surface area (Å²) in [6, 6.07) is 13.2. The van der Waals surface area contributed by atoms with Crippen LogP contribution in [0.4, 0.5) is 0 Å². The van der Waals surface area contributed by atoms with Gasteiger partial charge < -0.3 is 4.42 Å². The molecule has 0 fully saturated rings. The normalized spacial score (nSPS) is 11.5. The molecule has 4 aromatic rings. The molecule has 2 N–H and O–H groups in total. The quantitative estimate of drug-likeness (QED) is 0.311. The molecule has 0 aliphatic rings. The molecule has 0 bridgehead atoms. The molecule has 12 heteroatoms. The average molecular weight is 488 g/mol. The number of carbonyl (C=O) groups excluding carboxylic acids is 1. The van der Waals surface area contributed by atoms with E-state index in [1.807, 2.05) is 0 Å². The SMILES string of the molecule is CN(O)C(=O)Cc1nn[nH]c1-c1nc(-c2ccc(Cl)cc2)c(-c2ccc(S(C)(=O)=O)cc2)o1. The minimum Gasteiger partial charge on any atom is -0.434 e. The molecule has 33 heavy (non-hydrogen) atoms. The second kappa shape index (κ2) is 8.77. The maximum atomic E-state index is 11.9. The summed E-state index contributed by atoms with van der Waals surface area (Å²) in [6.07, 6.45) is 0.904. The van der Waals surface area contributed by atoms with Gasteiger partial charge in [-0.05, 0) is 36.4 Å². The first-order chi connectivity index (χ1) is 15.6. The van der Waals surface area contributed by atoms with Crippen molar-refractivity contribution in [2.45, 2.75) is 11.3 Å². The molecule has 2 aromatic heterocycles. The van der Waals surface area contributed by atoms with Crippen LogP contribution < -0.4 is 0 Å². The number of nitrogens with one attached hydrogen (secondary N) is 1. The number of benzene rings is 2. The first-order valence-electron chi connectivity index (χ1n) is 9.56. The van der Waals surface area contributed by atoms with Crippen LogP contribution >= 0.6 is 11.6 Å². The predicted molar refractivity (Wildman–Crippen MR) is 119 cm³/mol. The van der Waals surface area contributed by atoms with Crippen molar-refractivity contribution in [3.8, 4) is 34.2 Å². The molecular weight excluding hydrogens is 470 g/mol. The summed E-state index contributed by atoms with van der Waals surface area (Å²) in [5.41, 5.74) is 2.28. The van der Waals surface area contributed by atoms with Crippen LogP contribution in [0, 0.1) is 0 Å². The maximum absolute atomic E-state index is 11.9. The third-order valence-electron chi connectivity index (χ3n) is 4.80. The van der Waals surface area contributed by atoms with Crippen LogP contribution in [-0.4, -0.2) is 58.3 Å². The highest BCUT2D eigenvalue weighted by Gasteiger charge is 2.23. The second-order valence-electron chi connectivity index (χ2n) is 7.23. The molecule has 170 valence electrons. The minimum absolute atomic E-state index is 0.121. The number of nitrogens with zero attached hydrogens (tertiary/aromatic N) is 4. The van der Waals surface area contributed by atoms with Gasteiger partial charge in [-0.3, -0.25) is 15.1 Å². The van der Waals surface area contributed by atoms with E-state index in [0.29, 0.717) is 32.7 Å². The maximum Gasteiger partial charge on any atom is 0.251 e. The lowest BCUT2D eigenvalue weighted by molar-refractivity contribution is -0.158. The Kier molecular flexibility index (Phi) is 6.02. The van der Waals surface area contributed by atoms with E-state index in [0.717, 1.165) is 6.26 Å². The van der Waals surface area contributed by atoms with Crippen molar-refractivity contribution < 1.29 is 22.8 Å². The van der Waals surface area contributed by atoms with Crippen LogP contribution in [0.1, 0.15) is 5.69 Å². The number of aromatic amines is 1. The molecule has 0 aliphatic carbocycles. The van der Waals surface area contributed by atoms with Gasteiger partial charge in [-0.1, -0.05) is 28.9 Å². The number of sulfone groups is 1. The fourth-order valence-corrected chi connectivity index (χ4v) is 3.84. The molecule has 0 aliphatic heterocycles. The van der Waals surface area contributed by atoms with Crippen LogP contribution in [0.3, 0.4) is 0 Å². The topological polar surface area (TPSA) is 142 Å². The average Bonchev–Trinajstić information content (AvgIpc) is 3.40. The van der Waals surface area contributed by atoms with Gasteiger partial charge in [0.05, 0.1) is 11.3 Å². The van der Waals surface area contributed by atoms with Crippen molar-refractivity contribution in [2.75, 3.05) is 13.3 Å². The summed E-state index contributed by atoms with van der Waals surface area (Å²) in [6.45, 7) is 0. The van der Waals surface area contributed by atoms with Gasteiger partial charge >= 0.3 is 0 Å². The molecular formula is C21H18ClN5O5S. The van der Waals surface area contributed by atoms with Gasteiger partial charge in [-0.25, -0.2) is 18.5 Å². The van der Waals surface area contributed by atoms with Gasteiger partial charge in [0, 0.05) is 29.5 Å². The van der Waals surface area contributed by atoms with Crippen LogP contribution in [0.25, 0.3) is 34.2 Å². The summed E-state index contributed by atoms with van der Waals surface area (Å²) < 4.78 is 29.7. The number of H-pyrrole nitrogens is 1. The highest BCUT2D eigenvalue weighted by Crippen LogP contribution is 2.36. The van der Waals surface area contributed by atoms with E-state index in [9.17, 15) is 18.4 Å². The Labute approximate surface area is 193 Å². The highest BCUT2D eigenvalue weighted by molar-refractivity contribution is 7.90. The number of likely N-dealkylation sites (N-methyl/N-ethyl adjacent to an activating group) is 1. The number of oxazole rings is 1. The van der Waals surface area contributed by atoms with E-state index in [2.05, 4.69) is 20.4 Å². The fraction of sp³-hybridized carbons (Fsp3) is 0.143. The Balaban J connectivity index is 1.83. The number of hydrogen-bond acceptors (Lipinski definition) is 8. The third kappa shape index (κ3) is 4.80. The zero-order valence-electron chi connectivity index (χ0n) is 17.5. The van der Waals surface area contributed by atoms with Crippen molar-refractivity contribution in [3.63, 3.8) is 0 Å². The predicted octanol–water partition coefficient (Wildman–Crippen LogP) is 3.24. The zero-order valence-corrected chi connectivity index (χ0v) is 19.1. The monoisotopic (exact) mass is 487 g/mol. The number of aromatic nitrogens is 4. The van der Waals surface area contributed by atoms with Crippen LogP contribution in [-0.2, 0) is 21.1 Å². The summed E-state index contributed by atoms with van der Waals surface area (Å²) in [4.78, 5) is 16.7. The zero-order chi connectivity index (χ0) is 23.8. The Morgan fingerprint density at radius 3 is 2.36 bits per heavy atom. The summed E-state index contributed by atoms with van der Waals surface area (Å²) in [5, 5.41) is 20.7. The van der Waals surface area contributed by atoms with E-state index in [-0.39, 0.29) is 28.6 Å². The number of carbonyl (C=O) groups is 1. The Bertz CT molecular complexity index is 1410. The van der Waals surface area contributed by atoms with E-state index in [1.165, 1.54) is 19.2 Å². The van der Waals surface area contributed by atoms with Crippen LogP contribution in [0.5, 0.6) is 0 Å². The van der Waals surface area contributed by atoms with Crippen molar-refractivity contribution in [1.82, 2.24) is 25.5 Å². The van der Waals surface area contributed by atoms with E-state index in [4.69, 9.17) is 16.0 Å². The second-order valence-corrected chi connectivity index (χ2v) is 9.68. The minimum atomic E-state index is -3.36. The molecule has 0 spiro atoms. The number of amides is 1. The van der Waals surface area contributed by atoms with Gasteiger partial charge in [0.1, 0.15) is 17.1 Å². The van der Waals surface area contributed by atoms with Gasteiger partial charge in [-0.15, -0.1) is 5.10 Å². The lowest BCUT2D eigenvalue weighted by Crippen LogP contribution is -2.24. The van der Waals surface area contributed by atoms with Gasteiger partial charge in [0.2, 0.25) is 5.89 Å². The third-order valence-corrected chi connectivity index (χ3v) is 6.18. The van der Waals surface area contributed by atoms with Crippen LogP contribution in [0.15, 0.2) is 57.8 Å². The van der Waals surface area contributed by atoms with Crippen molar-refractivity contribution >= 4 is 27.3 Å². The van der Waals surface area contributed by atoms with E-state index >= 15 is 0 Å². The van der Waals surface area contributed by atoms with Crippen LogP contribution in [0.2, 0.25) is 5.02 Å². The highest BCUT2D eigenvalue weighted by atomic mass is 35.5. The van der Waals surface area contributed by atoms with E-state index < -0.39 is 15.7 Å². The largest absolute Gasteiger partial charge is 0.434 e. The molecule has 0 unspecified atom stereocenters. The molecule has 1 amide bonds. The summed E-state index contributed by atoms with van der Waals surface area (Å²) in [5.74, 6) is -0.0970. The lowest BCUT2D eigenvalue weighted by atomic mass is 10.1. The van der Waals surface area contributed by atoms with Gasteiger partial charge in [0.25, 0.3) is 5.91 Å². The standard InChI is InChI=1S/C21H18ClN5O5S/c1-27(29)17(28)11-16-19(25-26-24-16)21-23-18(12-3-7-14(22)8-4-12)20(32-21)13-5-9-15(10-6-13)33(2,30)31/h3-10,29H,11H2,1-2H3,(H,24,25,26). The molecule has 2 heterocycles. The molecule has 0 radical (unpaired) electrons. The molecule has 0 saturated heterocycles. The Morgan fingerprint density at radius 1 is 1.12 bits per heavy atom.